The van der Waals surface area contributed by atoms with Gasteiger partial charge in [-0.15, -0.1) is 0 Å². The molecule has 0 radical (unpaired) electrons. The third kappa shape index (κ3) is 2.99. The lowest BCUT2D eigenvalue weighted by Crippen LogP contribution is -1.89. The smallest absolute Gasteiger partial charge is 0.145 e. The minimum atomic E-state index is -0.486. The van der Waals surface area contributed by atoms with Crippen LogP contribution < -0.4 is 4.74 Å². The second kappa shape index (κ2) is 5.52. The number of hydrogen-bond donors (Lipinski definition) is 0. The summed E-state index contributed by atoms with van der Waals surface area (Å²) in [7, 11) is 0. The van der Waals surface area contributed by atoms with Crippen molar-refractivity contribution in [3.05, 3.63) is 58.9 Å². The van der Waals surface area contributed by atoms with Crippen LogP contribution in [0.3, 0.4) is 0 Å². The molecule has 0 aromatic heterocycles. The van der Waals surface area contributed by atoms with Gasteiger partial charge in [-0.1, -0.05) is 45.7 Å². The van der Waals surface area contributed by atoms with E-state index in [1.807, 2.05) is 24.3 Å². The Morgan fingerprint density at radius 2 is 1.94 bits per heavy atom. The number of hydrogen-bond acceptors (Lipinski definition) is 1. The van der Waals surface area contributed by atoms with Crippen molar-refractivity contribution in [2.75, 3.05) is 0 Å². The van der Waals surface area contributed by atoms with Crippen LogP contribution in [0, 0.1) is 5.82 Å². The first kappa shape index (κ1) is 12.4. The third-order valence-corrected chi connectivity index (χ3v) is 3.15. The Hall–Kier alpha value is -1.06. The second-order valence-electron chi connectivity index (χ2n) is 3.42. The van der Waals surface area contributed by atoms with Crippen LogP contribution in [0.1, 0.15) is 5.56 Å². The molecule has 0 unspecified atom stereocenters. The van der Waals surface area contributed by atoms with Crippen LogP contribution in [0.25, 0.3) is 0 Å². The van der Waals surface area contributed by atoms with Gasteiger partial charge in [-0.25, -0.2) is 4.39 Å². The lowest BCUT2D eigenvalue weighted by Gasteiger charge is -2.09. The summed E-state index contributed by atoms with van der Waals surface area (Å²) < 4.78 is 18.9. The van der Waals surface area contributed by atoms with Gasteiger partial charge in [-0.3, -0.25) is 0 Å². The molecule has 0 saturated heterocycles. The zero-order valence-electron chi connectivity index (χ0n) is 8.79. The summed E-state index contributed by atoms with van der Waals surface area (Å²) in [6, 6.07) is 12.0. The van der Waals surface area contributed by atoms with Crippen LogP contribution in [0.15, 0.2) is 42.5 Å². The predicted octanol–water partition coefficient (Wildman–Crippen LogP) is 5.17. The normalized spacial score (nSPS) is 10.3. The molecule has 0 N–H and O–H groups in total. The van der Waals surface area contributed by atoms with Gasteiger partial charge < -0.3 is 4.74 Å². The summed E-state index contributed by atoms with van der Waals surface area (Å²) in [5.74, 6) is 0.645. The zero-order valence-corrected chi connectivity index (χ0v) is 11.1. The first-order valence-electron chi connectivity index (χ1n) is 4.97. The number of rotatable bonds is 3. The lowest BCUT2D eigenvalue weighted by atomic mass is 10.2. The first-order valence-corrected chi connectivity index (χ1v) is 6.47. The van der Waals surface area contributed by atoms with Gasteiger partial charge in [-0.05, 0) is 18.2 Å². The highest BCUT2D eigenvalue weighted by atomic mass is 79.9. The maximum Gasteiger partial charge on any atom is 0.145 e. The van der Waals surface area contributed by atoms with Crippen LogP contribution in [0.2, 0.25) is 5.02 Å². The van der Waals surface area contributed by atoms with E-state index in [2.05, 4.69) is 15.9 Å². The van der Waals surface area contributed by atoms with Gasteiger partial charge in [0.05, 0.1) is 5.02 Å². The van der Waals surface area contributed by atoms with Gasteiger partial charge in [0.1, 0.15) is 17.3 Å². The molecular weight excluding hydrogens is 306 g/mol. The van der Waals surface area contributed by atoms with E-state index in [4.69, 9.17) is 16.3 Å². The molecule has 88 valence electrons. The first-order chi connectivity index (χ1) is 8.20. The summed E-state index contributed by atoms with van der Waals surface area (Å²) >= 11 is 8.98. The molecule has 0 bridgehead atoms. The fraction of sp³-hybridized carbons (Fsp3) is 0.0769. The Bertz CT molecular complexity index is 531. The molecule has 0 fully saturated rings. The van der Waals surface area contributed by atoms with E-state index in [9.17, 15) is 4.39 Å². The summed E-state index contributed by atoms with van der Waals surface area (Å²) in [4.78, 5) is 0. The standard InChI is InChI=1S/C13H9BrClFO/c14-8-9-3-1-2-4-13(9)17-10-5-6-11(15)12(16)7-10/h1-7H,8H2. The second-order valence-corrected chi connectivity index (χ2v) is 4.39. The predicted molar refractivity (Wildman–Crippen MR) is 70.6 cm³/mol. The lowest BCUT2D eigenvalue weighted by molar-refractivity contribution is 0.473. The van der Waals surface area contributed by atoms with E-state index < -0.39 is 5.82 Å². The Morgan fingerprint density at radius 3 is 2.65 bits per heavy atom. The highest BCUT2D eigenvalue weighted by Crippen LogP contribution is 2.28. The highest BCUT2D eigenvalue weighted by Gasteiger charge is 2.05. The van der Waals surface area contributed by atoms with E-state index in [-0.39, 0.29) is 5.02 Å². The van der Waals surface area contributed by atoms with E-state index in [1.54, 1.807) is 6.07 Å². The minimum Gasteiger partial charge on any atom is -0.457 e. The van der Waals surface area contributed by atoms with Crippen molar-refractivity contribution in [2.24, 2.45) is 0 Å². The summed E-state index contributed by atoms with van der Waals surface area (Å²) in [6.07, 6.45) is 0. The zero-order chi connectivity index (χ0) is 12.3. The van der Waals surface area contributed by atoms with Crippen LogP contribution >= 0.6 is 27.5 Å². The van der Waals surface area contributed by atoms with Crippen molar-refractivity contribution in [1.29, 1.82) is 0 Å². The van der Waals surface area contributed by atoms with Gasteiger partial charge in [0.2, 0.25) is 0 Å². The van der Waals surface area contributed by atoms with Crippen molar-refractivity contribution in [1.82, 2.24) is 0 Å². The molecular formula is C13H9BrClFO. The molecule has 0 aliphatic carbocycles. The van der Waals surface area contributed by atoms with E-state index >= 15 is 0 Å². The molecule has 2 rings (SSSR count). The molecule has 0 spiro atoms. The Labute approximate surface area is 112 Å². The van der Waals surface area contributed by atoms with E-state index in [0.29, 0.717) is 16.8 Å². The fourth-order valence-corrected chi connectivity index (χ4v) is 1.96. The van der Waals surface area contributed by atoms with Gasteiger partial charge in [0.25, 0.3) is 0 Å². The molecule has 2 aromatic carbocycles. The van der Waals surface area contributed by atoms with Gasteiger partial charge in [0.15, 0.2) is 0 Å². The molecule has 0 aliphatic rings. The van der Waals surface area contributed by atoms with E-state index in [1.165, 1.54) is 12.1 Å². The molecule has 4 heteroatoms. The number of alkyl halides is 1. The Kier molecular flexibility index (Phi) is 4.02. The van der Waals surface area contributed by atoms with Crippen LogP contribution in [0.4, 0.5) is 4.39 Å². The maximum absolute atomic E-state index is 13.2. The summed E-state index contributed by atoms with van der Waals surface area (Å²) in [6.45, 7) is 0. The van der Waals surface area contributed by atoms with Crippen molar-refractivity contribution in [3.63, 3.8) is 0 Å². The van der Waals surface area contributed by atoms with Crippen LogP contribution in [-0.4, -0.2) is 0 Å². The number of benzene rings is 2. The molecule has 0 amide bonds. The third-order valence-electron chi connectivity index (χ3n) is 2.24. The Balaban J connectivity index is 2.28. The molecule has 0 heterocycles. The Morgan fingerprint density at radius 1 is 1.18 bits per heavy atom. The average molecular weight is 316 g/mol. The van der Waals surface area contributed by atoms with Gasteiger partial charge in [-0.2, -0.15) is 0 Å². The summed E-state index contributed by atoms with van der Waals surface area (Å²) in [5.41, 5.74) is 1.00. The molecule has 0 aliphatic heterocycles. The summed E-state index contributed by atoms with van der Waals surface area (Å²) in [5, 5.41) is 0.769. The monoisotopic (exact) mass is 314 g/mol. The fourth-order valence-electron chi connectivity index (χ4n) is 1.38. The van der Waals surface area contributed by atoms with Crippen molar-refractivity contribution in [3.8, 4) is 11.5 Å². The topological polar surface area (TPSA) is 9.23 Å². The maximum atomic E-state index is 13.2. The quantitative estimate of drug-likeness (QED) is 0.710. The molecule has 0 saturated carbocycles. The van der Waals surface area contributed by atoms with Crippen molar-refractivity contribution in [2.45, 2.75) is 5.33 Å². The van der Waals surface area contributed by atoms with Crippen LogP contribution in [0.5, 0.6) is 11.5 Å². The minimum absolute atomic E-state index is 0.0890. The average Bonchev–Trinajstić information content (AvgIpc) is 2.34. The van der Waals surface area contributed by atoms with Gasteiger partial charge >= 0.3 is 0 Å². The van der Waals surface area contributed by atoms with Crippen molar-refractivity contribution < 1.29 is 9.13 Å². The highest BCUT2D eigenvalue weighted by molar-refractivity contribution is 9.08. The van der Waals surface area contributed by atoms with Crippen molar-refractivity contribution >= 4 is 27.5 Å². The largest absolute Gasteiger partial charge is 0.457 e. The SMILES string of the molecule is Fc1cc(Oc2ccccc2CBr)ccc1Cl. The van der Waals surface area contributed by atoms with Gasteiger partial charge in [0, 0.05) is 17.0 Å². The number of halogens is 3. The number of para-hydroxylation sites is 1. The molecule has 1 nitrogen and oxygen atoms in total. The molecule has 2 aromatic rings. The number of ether oxygens (including phenoxy) is 1. The molecule has 17 heavy (non-hydrogen) atoms. The molecule has 0 atom stereocenters. The van der Waals surface area contributed by atoms with Crippen LogP contribution in [-0.2, 0) is 5.33 Å². The van der Waals surface area contributed by atoms with E-state index in [0.717, 1.165) is 5.56 Å².